The Morgan fingerprint density at radius 3 is 2.35 bits per heavy atom. The predicted octanol–water partition coefficient (Wildman–Crippen LogP) is 4.71. The van der Waals surface area contributed by atoms with Gasteiger partial charge in [0.25, 0.3) is 0 Å². The molecule has 1 aromatic carbocycles. The molecule has 112 valence electrons. The van der Waals surface area contributed by atoms with E-state index < -0.39 is 23.5 Å². The van der Waals surface area contributed by atoms with E-state index in [1.165, 1.54) is 18.9 Å². The largest absolute Gasteiger partial charge is 0.324 e. The van der Waals surface area contributed by atoms with E-state index in [0.717, 1.165) is 37.7 Å². The van der Waals surface area contributed by atoms with Gasteiger partial charge in [0.15, 0.2) is 17.5 Å². The molecule has 1 aliphatic rings. The van der Waals surface area contributed by atoms with Crippen LogP contribution in [-0.2, 0) is 0 Å². The highest BCUT2D eigenvalue weighted by Gasteiger charge is 2.28. The number of benzene rings is 1. The van der Waals surface area contributed by atoms with E-state index in [0.29, 0.717) is 0 Å². The molecule has 2 rings (SSSR count). The van der Waals surface area contributed by atoms with Crippen LogP contribution in [0.2, 0.25) is 0 Å². The molecule has 1 atom stereocenters. The number of hydrogen-bond donors (Lipinski definition) is 1. The Morgan fingerprint density at radius 1 is 1.10 bits per heavy atom. The first-order chi connectivity index (χ1) is 9.54. The van der Waals surface area contributed by atoms with Crippen molar-refractivity contribution in [3.05, 3.63) is 35.1 Å². The lowest BCUT2D eigenvalue weighted by molar-refractivity contribution is 0.231. The van der Waals surface area contributed by atoms with Crippen LogP contribution in [0.3, 0.4) is 0 Å². The zero-order valence-electron chi connectivity index (χ0n) is 11.8. The normalized spacial score (nSPS) is 24.6. The third-order valence-corrected chi connectivity index (χ3v) is 4.52. The van der Waals surface area contributed by atoms with Crippen LogP contribution in [0.15, 0.2) is 12.1 Å². The second-order valence-corrected chi connectivity index (χ2v) is 5.86. The summed E-state index contributed by atoms with van der Waals surface area (Å²) in [6, 6.07) is 1.68. The van der Waals surface area contributed by atoms with E-state index in [1.807, 2.05) is 0 Å². The fourth-order valence-corrected chi connectivity index (χ4v) is 3.30. The van der Waals surface area contributed by atoms with Gasteiger partial charge in [-0.05, 0) is 30.7 Å². The first-order valence-corrected chi connectivity index (χ1v) is 7.43. The van der Waals surface area contributed by atoms with Gasteiger partial charge < -0.3 is 5.73 Å². The highest BCUT2D eigenvalue weighted by Crippen LogP contribution is 2.38. The summed E-state index contributed by atoms with van der Waals surface area (Å²) in [5.74, 6) is -2.82. The Hall–Kier alpha value is -1.03. The molecular formula is C16H22F3N. The van der Waals surface area contributed by atoms with Gasteiger partial charge in [0.1, 0.15) is 0 Å². The molecule has 0 aliphatic heterocycles. The standard InChI is InChI=1S/C16H22F3N/c1-2-3-10-4-6-11(7-5-10)16(20)12-8-9-13(17)15(19)14(12)18/h8-11,16H,2-7,20H2,1H3. The lowest BCUT2D eigenvalue weighted by atomic mass is 9.75. The first kappa shape index (κ1) is 15.4. The molecule has 0 radical (unpaired) electrons. The van der Waals surface area contributed by atoms with E-state index in [-0.39, 0.29) is 11.5 Å². The van der Waals surface area contributed by atoms with Crippen LogP contribution in [0.1, 0.15) is 57.1 Å². The monoisotopic (exact) mass is 285 g/mol. The topological polar surface area (TPSA) is 26.0 Å². The molecule has 20 heavy (non-hydrogen) atoms. The van der Waals surface area contributed by atoms with Crippen LogP contribution in [0.5, 0.6) is 0 Å². The Bertz CT molecular complexity index is 453. The summed E-state index contributed by atoms with van der Waals surface area (Å²) in [4.78, 5) is 0. The second-order valence-electron chi connectivity index (χ2n) is 5.86. The minimum absolute atomic E-state index is 0.0999. The van der Waals surface area contributed by atoms with Gasteiger partial charge in [-0.3, -0.25) is 0 Å². The minimum Gasteiger partial charge on any atom is -0.324 e. The van der Waals surface area contributed by atoms with Gasteiger partial charge in [-0.15, -0.1) is 0 Å². The molecule has 0 aromatic heterocycles. The molecule has 1 aromatic rings. The fraction of sp³-hybridized carbons (Fsp3) is 0.625. The number of hydrogen-bond acceptors (Lipinski definition) is 1. The minimum atomic E-state index is -1.42. The van der Waals surface area contributed by atoms with E-state index in [9.17, 15) is 13.2 Å². The summed E-state index contributed by atoms with van der Waals surface area (Å²) in [5, 5.41) is 0. The van der Waals surface area contributed by atoms with Crippen molar-refractivity contribution in [3.63, 3.8) is 0 Å². The van der Waals surface area contributed by atoms with Crippen molar-refractivity contribution >= 4 is 0 Å². The summed E-state index contributed by atoms with van der Waals surface area (Å²) in [7, 11) is 0. The van der Waals surface area contributed by atoms with Crippen molar-refractivity contribution in [2.45, 2.75) is 51.5 Å². The van der Waals surface area contributed by atoms with Gasteiger partial charge in [-0.2, -0.15) is 0 Å². The highest BCUT2D eigenvalue weighted by molar-refractivity contribution is 5.24. The summed E-state index contributed by atoms with van der Waals surface area (Å²) < 4.78 is 40.0. The highest BCUT2D eigenvalue weighted by atomic mass is 19.2. The van der Waals surface area contributed by atoms with Crippen LogP contribution < -0.4 is 5.73 Å². The summed E-state index contributed by atoms with van der Waals surface area (Å²) in [5.41, 5.74) is 6.18. The van der Waals surface area contributed by atoms with Crippen LogP contribution in [0.4, 0.5) is 13.2 Å². The van der Waals surface area contributed by atoms with Crippen molar-refractivity contribution in [2.75, 3.05) is 0 Å². The van der Waals surface area contributed by atoms with Crippen LogP contribution in [-0.4, -0.2) is 0 Å². The Balaban J connectivity index is 2.06. The van der Waals surface area contributed by atoms with E-state index in [4.69, 9.17) is 5.73 Å². The lowest BCUT2D eigenvalue weighted by Crippen LogP contribution is -2.27. The molecule has 0 bridgehead atoms. The molecule has 0 heterocycles. The molecule has 1 fully saturated rings. The maximum atomic E-state index is 13.8. The summed E-state index contributed by atoms with van der Waals surface area (Å²) in [6.45, 7) is 2.18. The molecule has 1 nitrogen and oxygen atoms in total. The molecule has 1 saturated carbocycles. The average molecular weight is 285 g/mol. The molecular weight excluding hydrogens is 263 g/mol. The van der Waals surface area contributed by atoms with Gasteiger partial charge in [0.05, 0.1) is 0 Å². The van der Waals surface area contributed by atoms with Crippen molar-refractivity contribution in [1.29, 1.82) is 0 Å². The third kappa shape index (κ3) is 3.17. The summed E-state index contributed by atoms with van der Waals surface area (Å²) in [6.07, 6.45) is 6.46. The fourth-order valence-electron chi connectivity index (χ4n) is 3.30. The van der Waals surface area contributed by atoms with Gasteiger partial charge in [0.2, 0.25) is 0 Å². The molecule has 4 heteroatoms. The SMILES string of the molecule is CCCC1CCC(C(N)c2ccc(F)c(F)c2F)CC1. The number of halogens is 3. The van der Waals surface area contributed by atoms with Gasteiger partial charge in [-0.25, -0.2) is 13.2 Å². The van der Waals surface area contributed by atoms with Crippen LogP contribution in [0.25, 0.3) is 0 Å². The molecule has 2 N–H and O–H groups in total. The van der Waals surface area contributed by atoms with Crippen molar-refractivity contribution in [3.8, 4) is 0 Å². The van der Waals surface area contributed by atoms with Gasteiger partial charge >= 0.3 is 0 Å². The quantitative estimate of drug-likeness (QED) is 0.797. The first-order valence-electron chi connectivity index (χ1n) is 7.43. The Labute approximate surface area is 118 Å². The zero-order chi connectivity index (χ0) is 14.7. The molecule has 1 aliphatic carbocycles. The van der Waals surface area contributed by atoms with Crippen molar-refractivity contribution in [1.82, 2.24) is 0 Å². The summed E-state index contributed by atoms with van der Waals surface area (Å²) >= 11 is 0. The Morgan fingerprint density at radius 2 is 1.75 bits per heavy atom. The maximum absolute atomic E-state index is 13.8. The average Bonchev–Trinajstić information content (AvgIpc) is 2.45. The van der Waals surface area contributed by atoms with E-state index in [2.05, 4.69) is 6.92 Å². The molecule has 1 unspecified atom stereocenters. The zero-order valence-corrected chi connectivity index (χ0v) is 11.8. The van der Waals surface area contributed by atoms with Gasteiger partial charge in [-0.1, -0.05) is 38.7 Å². The van der Waals surface area contributed by atoms with E-state index in [1.54, 1.807) is 0 Å². The third-order valence-electron chi connectivity index (χ3n) is 4.52. The molecule has 0 amide bonds. The lowest BCUT2D eigenvalue weighted by Gasteiger charge is -2.32. The van der Waals surface area contributed by atoms with Gasteiger partial charge in [0, 0.05) is 11.6 Å². The van der Waals surface area contributed by atoms with Crippen LogP contribution >= 0.6 is 0 Å². The number of rotatable bonds is 4. The molecule has 0 saturated heterocycles. The smallest absolute Gasteiger partial charge is 0.194 e. The van der Waals surface area contributed by atoms with Crippen molar-refractivity contribution in [2.24, 2.45) is 17.6 Å². The van der Waals surface area contributed by atoms with Crippen LogP contribution in [0, 0.1) is 29.3 Å². The number of nitrogens with two attached hydrogens (primary N) is 1. The van der Waals surface area contributed by atoms with Crippen molar-refractivity contribution < 1.29 is 13.2 Å². The Kier molecular flexibility index (Phi) is 5.08. The second kappa shape index (κ2) is 6.61. The predicted molar refractivity (Wildman–Crippen MR) is 73.6 cm³/mol. The maximum Gasteiger partial charge on any atom is 0.194 e. The molecule has 0 spiro atoms. The van der Waals surface area contributed by atoms with E-state index >= 15 is 0 Å².